The van der Waals surface area contributed by atoms with Gasteiger partial charge < -0.3 is 4.74 Å². The summed E-state index contributed by atoms with van der Waals surface area (Å²) < 4.78 is 5.03. The van der Waals surface area contributed by atoms with Crippen molar-refractivity contribution in [1.82, 2.24) is 0 Å². The van der Waals surface area contributed by atoms with E-state index in [1.165, 1.54) is 16.7 Å². The Balaban J connectivity index is 2.03. The number of nitriles is 1. The van der Waals surface area contributed by atoms with E-state index in [1.54, 1.807) is 25.1 Å². The normalized spacial score (nSPS) is 17.8. The molecule has 1 saturated heterocycles. The Kier molecular flexibility index (Phi) is 6.63. The van der Waals surface area contributed by atoms with Gasteiger partial charge in [-0.15, -0.1) is 0 Å². The first-order valence-corrected chi connectivity index (χ1v) is 10.3. The second-order valence-corrected chi connectivity index (χ2v) is 8.09. The summed E-state index contributed by atoms with van der Waals surface area (Å²) in [7, 11) is 0. The molecule has 1 fully saturated rings. The van der Waals surface area contributed by atoms with E-state index in [9.17, 15) is 14.9 Å². The third-order valence-electron chi connectivity index (χ3n) is 4.36. The van der Waals surface area contributed by atoms with Gasteiger partial charge in [0.1, 0.15) is 11.1 Å². The SMILES string of the molecule is CCOC(=O)/C(C#N)=C1\S[C@@H](Cc2cccc(Cl)c2)C(=O)N1c1ccc(C)cc1. The van der Waals surface area contributed by atoms with Crippen LogP contribution >= 0.6 is 23.4 Å². The van der Waals surface area contributed by atoms with E-state index in [-0.39, 0.29) is 18.1 Å². The molecule has 0 aromatic heterocycles. The van der Waals surface area contributed by atoms with Crippen LogP contribution < -0.4 is 4.90 Å². The molecular weight excluding hydrogens is 408 g/mol. The van der Waals surface area contributed by atoms with Crippen molar-refractivity contribution in [2.75, 3.05) is 11.5 Å². The minimum Gasteiger partial charge on any atom is -0.462 e. The number of carbonyl (C=O) groups excluding carboxylic acids is 2. The summed E-state index contributed by atoms with van der Waals surface area (Å²) in [6.45, 7) is 3.76. The number of hydrogen-bond donors (Lipinski definition) is 0. The number of rotatable bonds is 5. The van der Waals surface area contributed by atoms with Gasteiger partial charge >= 0.3 is 5.97 Å². The molecule has 0 aliphatic carbocycles. The molecule has 1 amide bonds. The van der Waals surface area contributed by atoms with Crippen LogP contribution in [-0.4, -0.2) is 23.7 Å². The van der Waals surface area contributed by atoms with E-state index in [0.29, 0.717) is 22.2 Å². The number of esters is 1. The molecule has 3 rings (SSSR count). The molecule has 0 N–H and O–H groups in total. The predicted octanol–water partition coefficient (Wildman–Crippen LogP) is 4.64. The number of nitrogens with zero attached hydrogens (tertiary/aromatic N) is 2. The summed E-state index contributed by atoms with van der Waals surface area (Å²) in [6.07, 6.45) is 0.428. The molecule has 1 atom stereocenters. The summed E-state index contributed by atoms with van der Waals surface area (Å²) in [6, 6.07) is 16.6. The van der Waals surface area contributed by atoms with Crippen LogP contribution in [0, 0.1) is 18.3 Å². The summed E-state index contributed by atoms with van der Waals surface area (Å²) >= 11 is 7.27. The van der Waals surface area contributed by atoms with Crippen molar-refractivity contribution >= 4 is 40.9 Å². The van der Waals surface area contributed by atoms with E-state index in [1.807, 2.05) is 43.3 Å². The van der Waals surface area contributed by atoms with Crippen molar-refractivity contribution in [2.45, 2.75) is 25.5 Å². The highest BCUT2D eigenvalue weighted by Gasteiger charge is 2.41. The second kappa shape index (κ2) is 9.17. The third-order valence-corrected chi connectivity index (χ3v) is 5.86. The number of thioether (sulfide) groups is 1. The van der Waals surface area contributed by atoms with Crippen LogP contribution in [-0.2, 0) is 20.7 Å². The zero-order valence-electron chi connectivity index (χ0n) is 16.0. The average molecular weight is 427 g/mol. The van der Waals surface area contributed by atoms with Gasteiger partial charge in [-0.1, -0.05) is 53.2 Å². The number of ether oxygens (including phenoxy) is 1. The van der Waals surface area contributed by atoms with Gasteiger partial charge in [-0.25, -0.2) is 4.79 Å². The number of aryl methyl sites for hydroxylation is 1. The monoisotopic (exact) mass is 426 g/mol. The minimum absolute atomic E-state index is 0.145. The van der Waals surface area contributed by atoms with Gasteiger partial charge in [0.25, 0.3) is 0 Å². The van der Waals surface area contributed by atoms with Crippen molar-refractivity contribution in [3.8, 4) is 6.07 Å². The molecule has 7 heteroatoms. The fourth-order valence-corrected chi connectivity index (χ4v) is 4.49. The lowest BCUT2D eigenvalue weighted by atomic mass is 10.1. The Labute approximate surface area is 178 Å². The van der Waals surface area contributed by atoms with Crippen molar-refractivity contribution in [2.24, 2.45) is 0 Å². The van der Waals surface area contributed by atoms with E-state index < -0.39 is 11.2 Å². The lowest BCUT2D eigenvalue weighted by molar-refractivity contribution is -0.138. The molecule has 1 aliphatic heterocycles. The molecule has 2 aromatic rings. The van der Waals surface area contributed by atoms with Gasteiger partial charge in [0.05, 0.1) is 11.9 Å². The molecule has 0 radical (unpaired) electrons. The first-order chi connectivity index (χ1) is 13.9. The van der Waals surface area contributed by atoms with E-state index in [0.717, 1.165) is 11.1 Å². The molecular formula is C22H19ClN2O3S. The highest BCUT2D eigenvalue weighted by atomic mass is 35.5. The molecule has 29 heavy (non-hydrogen) atoms. The largest absolute Gasteiger partial charge is 0.462 e. The third kappa shape index (κ3) is 4.64. The maximum atomic E-state index is 13.3. The van der Waals surface area contributed by atoms with Gasteiger partial charge in [0.2, 0.25) is 5.91 Å². The average Bonchev–Trinajstić information content (AvgIpc) is 2.99. The van der Waals surface area contributed by atoms with Crippen LogP contribution in [0.25, 0.3) is 0 Å². The Morgan fingerprint density at radius 2 is 2.00 bits per heavy atom. The standard InChI is InChI=1S/C22H19ClN2O3S/c1-3-28-22(27)18(13-24)21-25(17-9-7-14(2)8-10-17)20(26)19(29-21)12-15-5-4-6-16(23)11-15/h4-11,19H,3,12H2,1-2H3/b21-18-/t19-/m0/s1. The maximum Gasteiger partial charge on any atom is 0.351 e. The highest BCUT2D eigenvalue weighted by Crippen LogP contribution is 2.42. The van der Waals surface area contributed by atoms with Gasteiger partial charge in [0.15, 0.2) is 5.57 Å². The zero-order chi connectivity index (χ0) is 21.0. The van der Waals surface area contributed by atoms with Crippen LogP contribution in [0.5, 0.6) is 0 Å². The molecule has 1 heterocycles. The van der Waals surface area contributed by atoms with E-state index in [4.69, 9.17) is 16.3 Å². The second-order valence-electron chi connectivity index (χ2n) is 6.46. The van der Waals surface area contributed by atoms with Crippen molar-refractivity contribution < 1.29 is 14.3 Å². The van der Waals surface area contributed by atoms with Crippen LogP contribution in [0.1, 0.15) is 18.1 Å². The number of halogens is 1. The number of benzene rings is 2. The summed E-state index contributed by atoms with van der Waals surface area (Å²) in [5, 5.41) is 10.0. The van der Waals surface area contributed by atoms with Crippen molar-refractivity contribution in [3.05, 3.63) is 75.3 Å². The van der Waals surface area contributed by atoms with Crippen LogP contribution in [0.4, 0.5) is 5.69 Å². The number of amides is 1. The van der Waals surface area contributed by atoms with Gasteiger partial charge in [-0.2, -0.15) is 5.26 Å². The van der Waals surface area contributed by atoms with E-state index in [2.05, 4.69) is 0 Å². The Hall–Kier alpha value is -2.75. The van der Waals surface area contributed by atoms with Crippen LogP contribution in [0.3, 0.4) is 0 Å². The summed E-state index contributed by atoms with van der Waals surface area (Å²) in [5.41, 5.74) is 2.39. The molecule has 1 aliphatic rings. The van der Waals surface area contributed by atoms with Crippen molar-refractivity contribution in [3.63, 3.8) is 0 Å². The Morgan fingerprint density at radius 3 is 2.62 bits per heavy atom. The van der Waals surface area contributed by atoms with Crippen LogP contribution in [0.2, 0.25) is 5.02 Å². The fourth-order valence-electron chi connectivity index (χ4n) is 2.98. The topological polar surface area (TPSA) is 70.4 Å². The fraction of sp³-hybridized carbons (Fsp3) is 0.227. The number of hydrogen-bond acceptors (Lipinski definition) is 5. The molecule has 0 unspecified atom stereocenters. The zero-order valence-corrected chi connectivity index (χ0v) is 17.6. The van der Waals surface area contributed by atoms with Gasteiger partial charge in [-0.05, 0) is 50.1 Å². The number of carbonyl (C=O) groups is 2. The molecule has 148 valence electrons. The first-order valence-electron chi connectivity index (χ1n) is 9.07. The lowest BCUT2D eigenvalue weighted by Gasteiger charge is -2.18. The van der Waals surface area contributed by atoms with Crippen LogP contribution in [0.15, 0.2) is 59.1 Å². The molecule has 5 nitrogen and oxygen atoms in total. The predicted molar refractivity (Wildman–Crippen MR) is 114 cm³/mol. The highest BCUT2D eigenvalue weighted by molar-refractivity contribution is 8.05. The Morgan fingerprint density at radius 1 is 1.28 bits per heavy atom. The molecule has 0 bridgehead atoms. The van der Waals surface area contributed by atoms with Crippen molar-refractivity contribution in [1.29, 1.82) is 5.26 Å². The first kappa shape index (κ1) is 21.0. The van der Waals surface area contributed by atoms with E-state index >= 15 is 0 Å². The summed E-state index contributed by atoms with van der Waals surface area (Å²) in [4.78, 5) is 27.0. The number of anilines is 1. The van der Waals surface area contributed by atoms with Gasteiger partial charge in [-0.3, -0.25) is 9.69 Å². The van der Waals surface area contributed by atoms with Gasteiger partial charge in [0, 0.05) is 10.7 Å². The minimum atomic E-state index is -0.731. The quantitative estimate of drug-likeness (QED) is 0.395. The molecule has 2 aromatic carbocycles. The lowest BCUT2D eigenvalue weighted by Crippen LogP contribution is -2.30. The summed E-state index contributed by atoms with van der Waals surface area (Å²) in [5.74, 6) is -0.920. The maximum absolute atomic E-state index is 13.3. The smallest absolute Gasteiger partial charge is 0.351 e. The molecule has 0 spiro atoms. The Bertz CT molecular complexity index is 1010. The molecule has 0 saturated carbocycles.